The van der Waals surface area contributed by atoms with Gasteiger partial charge in [0, 0.05) is 5.56 Å². The van der Waals surface area contributed by atoms with Crippen LogP contribution in [-0.2, 0) is 14.8 Å². The second-order valence-electron chi connectivity index (χ2n) is 8.52. The third-order valence-corrected chi connectivity index (χ3v) is 6.99. The molecule has 2 atom stereocenters. The number of fused-ring (bicyclic) bond motifs is 2. The number of aliphatic imine (C=N–C) groups is 1. The van der Waals surface area contributed by atoms with Crippen LogP contribution in [0.15, 0.2) is 76.6 Å². The average molecular weight is 450 g/mol. The maximum atomic E-state index is 13.3. The molecule has 32 heavy (non-hydrogen) atoms. The molecule has 0 saturated carbocycles. The zero-order chi connectivity index (χ0) is 22.9. The first-order chi connectivity index (χ1) is 15.3. The zero-order valence-corrected chi connectivity index (χ0v) is 19.2. The Morgan fingerprint density at radius 2 is 1.66 bits per heavy atom. The van der Waals surface area contributed by atoms with Crippen molar-refractivity contribution in [2.45, 2.75) is 44.2 Å². The Bertz CT molecular complexity index is 1290. The molecule has 0 aliphatic carbocycles. The van der Waals surface area contributed by atoms with Gasteiger partial charge in [0.2, 0.25) is 5.91 Å². The van der Waals surface area contributed by atoms with Crippen LogP contribution >= 0.6 is 0 Å². The number of rotatable bonds is 6. The Kier molecular flexibility index (Phi) is 6.02. The number of hydrogen-bond acceptors (Lipinski definition) is 4. The highest BCUT2D eigenvalue weighted by Crippen LogP contribution is 2.26. The van der Waals surface area contributed by atoms with Crippen molar-refractivity contribution in [3.05, 3.63) is 77.9 Å². The molecule has 1 amide bonds. The Hall–Kier alpha value is -3.19. The average Bonchev–Trinajstić information content (AvgIpc) is 3.02. The molecule has 1 aliphatic heterocycles. The standard InChI is InChI=1S/C25H27N3O3S/c1-16(2)15-22(27-24-21-12-6-7-14-23(21)32(30,31)28-24)25(29)26-17(3)19-13-8-10-18-9-4-5-11-20(18)19/h4-14,16-17,22H,15H2,1-3H3,(H,26,29)(H,27,28). The number of nitrogens with one attached hydrogen (secondary N) is 2. The number of sulfonamides is 1. The molecule has 166 valence electrons. The van der Waals surface area contributed by atoms with Gasteiger partial charge < -0.3 is 5.32 Å². The second-order valence-corrected chi connectivity index (χ2v) is 10.2. The van der Waals surface area contributed by atoms with Crippen molar-refractivity contribution in [2.75, 3.05) is 0 Å². The van der Waals surface area contributed by atoms with Gasteiger partial charge in [-0.2, -0.15) is 0 Å². The van der Waals surface area contributed by atoms with E-state index < -0.39 is 16.1 Å². The molecule has 2 N–H and O–H groups in total. The van der Waals surface area contributed by atoms with Crippen LogP contribution in [0.25, 0.3) is 10.8 Å². The van der Waals surface area contributed by atoms with E-state index in [4.69, 9.17) is 0 Å². The van der Waals surface area contributed by atoms with E-state index in [1.54, 1.807) is 24.3 Å². The molecule has 0 bridgehead atoms. The minimum atomic E-state index is -3.66. The number of hydrogen-bond donors (Lipinski definition) is 2. The lowest BCUT2D eigenvalue weighted by Crippen LogP contribution is -2.37. The molecule has 0 aromatic heterocycles. The van der Waals surface area contributed by atoms with Gasteiger partial charge in [-0.3, -0.25) is 14.5 Å². The normalized spacial score (nSPS) is 17.7. The first kappa shape index (κ1) is 22.0. The van der Waals surface area contributed by atoms with Crippen molar-refractivity contribution in [3.8, 4) is 0 Å². The number of nitrogens with zero attached hydrogens (tertiary/aromatic N) is 1. The summed E-state index contributed by atoms with van der Waals surface area (Å²) >= 11 is 0. The lowest BCUT2D eigenvalue weighted by molar-refractivity contribution is -0.123. The van der Waals surface area contributed by atoms with E-state index in [1.807, 2.05) is 63.2 Å². The summed E-state index contributed by atoms with van der Waals surface area (Å²) in [6.45, 7) is 5.98. The van der Waals surface area contributed by atoms with Crippen molar-refractivity contribution in [1.82, 2.24) is 10.0 Å². The van der Waals surface area contributed by atoms with Crippen molar-refractivity contribution in [3.63, 3.8) is 0 Å². The molecule has 0 radical (unpaired) electrons. The molecule has 6 nitrogen and oxygen atoms in total. The van der Waals surface area contributed by atoms with Gasteiger partial charge in [0.15, 0.2) is 0 Å². The lowest BCUT2D eigenvalue weighted by Gasteiger charge is -2.21. The predicted octanol–water partition coefficient (Wildman–Crippen LogP) is 4.17. The fourth-order valence-corrected chi connectivity index (χ4v) is 5.30. The minimum Gasteiger partial charge on any atom is -0.348 e. The maximum absolute atomic E-state index is 13.3. The lowest BCUT2D eigenvalue weighted by atomic mass is 9.98. The van der Waals surface area contributed by atoms with Crippen LogP contribution in [0.3, 0.4) is 0 Å². The summed E-state index contributed by atoms with van der Waals surface area (Å²) in [6.07, 6.45) is 0.501. The predicted molar refractivity (Wildman–Crippen MR) is 127 cm³/mol. The van der Waals surface area contributed by atoms with Gasteiger partial charge in [-0.25, -0.2) is 8.42 Å². The van der Waals surface area contributed by atoms with Gasteiger partial charge in [-0.1, -0.05) is 68.4 Å². The van der Waals surface area contributed by atoms with Crippen LogP contribution in [-0.4, -0.2) is 26.2 Å². The number of amidine groups is 1. The first-order valence-corrected chi connectivity index (χ1v) is 12.2. The molecule has 0 fully saturated rings. The smallest absolute Gasteiger partial charge is 0.263 e. The topological polar surface area (TPSA) is 87.6 Å². The van der Waals surface area contributed by atoms with Crippen LogP contribution in [0.2, 0.25) is 0 Å². The summed E-state index contributed by atoms with van der Waals surface area (Å²) in [4.78, 5) is 18.0. The molecule has 2 unspecified atom stereocenters. The van der Waals surface area contributed by atoms with Gasteiger partial charge in [-0.05, 0) is 47.7 Å². The largest absolute Gasteiger partial charge is 0.348 e. The summed E-state index contributed by atoms with van der Waals surface area (Å²) < 4.78 is 27.4. The van der Waals surface area contributed by atoms with Crippen LogP contribution < -0.4 is 10.0 Å². The van der Waals surface area contributed by atoms with E-state index in [2.05, 4.69) is 15.0 Å². The van der Waals surface area contributed by atoms with E-state index in [0.717, 1.165) is 16.3 Å². The number of amides is 1. The Labute approximate surface area is 188 Å². The molecular weight excluding hydrogens is 422 g/mol. The molecule has 3 aromatic rings. The second kappa shape index (κ2) is 8.74. The number of benzene rings is 3. The highest BCUT2D eigenvalue weighted by molar-refractivity contribution is 7.90. The summed E-state index contributed by atoms with van der Waals surface area (Å²) in [5, 5.41) is 5.29. The Balaban J connectivity index is 1.63. The molecule has 7 heteroatoms. The molecule has 1 heterocycles. The molecule has 1 aliphatic rings. The Morgan fingerprint density at radius 3 is 2.44 bits per heavy atom. The van der Waals surface area contributed by atoms with E-state index in [0.29, 0.717) is 12.0 Å². The summed E-state index contributed by atoms with van der Waals surface area (Å²) in [7, 11) is -3.66. The molecule has 3 aromatic carbocycles. The third-order valence-electron chi connectivity index (χ3n) is 5.59. The third kappa shape index (κ3) is 4.39. The first-order valence-electron chi connectivity index (χ1n) is 10.7. The van der Waals surface area contributed by atoms with Crippen LogP contribution in [0.5, 0.6) is 0 Å². The summed E-state index contributed by atoms with van der Waals surface area (Å²) in [5.74, 6) is 0.200. The van der Waals surface area contributed by atoms with Crippen molar-refractivity contribution in [2.24, 2.45) is 10.9 Å². The van der Waals surface area contributed by atoms with Gasteiger partial charge >= 0.3 is 0 Å². The van der Waals surface area contributed by atoms with E-state index >= 15 is 0 Å². The minimum absolute atomic E-state index is 0.187. The quantitative estimate of drug-likeness (QED) is 0.592. The molecule has 0 saturated heterocycles. The fraction of sp³-hybridized carbons (Fsp3) is 0.280. The maximum Gasteiger partial charge on any atom is 0.263 e. The number of carbonyl (C=O) groups excluding carboxylic acids is 1. The van der Waals surface area contributed by atoms with E-state index in [-0.39, 0.29) is 28.6 Å². The Morgan fingerprint density at radius 1 is 0.969 bits per heavy atom. The fourth-order valence-electron chi connectivity index (χ4n) is 4.07. The van der Waals surface area contributed by atoms with Gasteiger partial charge in [0.1, 0.15) is 11.9 Å². The monoisotopic (exact) mass is 449 g/mol. The van der Waals surface area contributed by atoms with Gasteiger partial charge in [-0.15, -0.1) is 0 Å². The van der Waals surface area contributed by atoms with Crippen molar-refractivity contribution >= 4 is 32.5 Å². The van der Waals surface area contributed by atoms with E-state index in [1.165, 1.54) is 0 Å². The van der Waals surface area contributed by atoms with Crippen LogP contribution in [0.1, 0.15) is 44.4 Å². The van der Waals surface area contributed by atoms with Crippen LogP contribution in [0, 0.1) is 5.92 Å². The molecule has 0 spiro atoms. The summed E-state index contributed by atoms with van der Waals surface area (Å²) in [5.41, 5.74) is 1.52. The van der Waals surface area contributed by atoms with Crippen molar-refractivity contribution in [1.29, 1.82) is 0 Å². The zero-order valence-electron chi connectivity index (χ0n) is 18.4. The highest BCUT2D eigenvalue weighted by Gasteiger charge is 2.32. The highest BCUT2D eigenvalue weighted by atomic mass is 32.2. The SMILES string of the molecule is CC(C)CC(N=C1NS(=O)(=O)c2ccccc21)C(=O)NC(C)c1cccc2ccccc12. The number of carbonyl (C=O) groups is 1. The molecular formula is C25H27N3O3S. The van der Waals surface area contributed by atoms with Crippen LogP contribution in [0.4, 0.5) is 0 Å². The molecule has 4 rings (SSSR count). The van der Waals surface area contributed by atoms with E-state index in [9.17, 15) is 13.2 Å². The van der Waals surface area contributed by atoms with Crippen molar-refractivity contribution < 1.29 is 13.2 Å². The summed E-state index contributed by atoms with van der Waals surface area (Å²) in [6, 6.07) is 19.8. The van der Waals surface area contributed by atoms with Gasteiger partial charge in [0.25, 0.3) is 10.0 Å². The van der Waals surface area contributed by atoms with Gasteiger partial charge in [0.05, 0.1) is 10.9 Å².